The number of hydrogen-bond acceptors (Lipinski definition) is 3. The van der Waals surface area contributed by atoms with Crippen molar-refractivity contribution in [2.24, 2.45) is 7.05 Å². The molecule has 0 saturated heterocycles. The lowest BCUT2D eigenvalue weighted by molar-refractivity contribution is 0.0594. The van der Waals surface area contributed by atoms with Crippen LogP contribution < -0.4 is 0 Å². The number of hydrogen-bond donors (Lipinski definition) is 1. The molecule has 0 unspecified atom stereocenters. The van der Waals surface area contributed by atoms with Gasteiger partial charge in [-0.3, -0.25) is 4.68 Å². The first-order valence-corrected chi connectivity index (χ1v) is 7.36. The second-order valence-corrected chi connectivity index (χ2v) is 5.42. The van der Waals surface area contributed by atoms with Gasteiger partial charge in [0.05, 0.1) is 23.3 Å². The average Bonchev–Trinajstić information content (AvgIpc) is 3.09. The Kier molecular flexibility index (Phi) is 3.66. The number of nitrogens with one attached hydrogen (secondary N) is 1. The van der Waals surface area contributed by atoms with E-state index in [9.17, 15) is 4.79 Å². The average molecular weight is 318 g/mol. The van der Waals surface area contributed by atoms with Crippen LogP contribution in [0.3, 0.4) is 0 Å². The largest absolute Gasteiger partial charge is 0.464 e. The number of halogens is 1. The van der Waals surface area contributed by atoms with Gasteiger partial charge in [0.25, 0.3) is 0 Å². The van der Waals surface area contributed by atoms with Crippen LogP contribution in [0.15, 0.2) is 24.4 Å². The zero-order valence-electron chi connectivity index (χ0n) is 12.6. The van der Waals surface area contributed by atoms with Crippen LogP contribution in [0.25, 0.3) is 22.2 Å². The summed E-state index contributed by atoms with van der Waals surface area (Å²) in [6.07, 6.45) is 2.44. The molecule has 1 aromatic carbocycles. The van der Waals surface area contributed by atoms with Crippen LogP contribution in [0.1, 0.15) is 23.0 Å². The molecular formula is C16H16ClN3O2. The summed E-state index contributed by atoms with van der Waals surface area (Å²) in [4.78, 5) is 15.2. The molecule has 0 aliphatic carbocycles. The maximum Gasteiger partial charge on any atom is 0.354 e. The monoisotopic (exact) mass is 317 g/mol. The molecule has 3 aromatic rings. The topological polar surface area (TPSA) is 59.9 Å². The van der Waals surface area contributed by atoms with E-state index < -0.39 is 0 Å². The van der Waals surface area contributed by atoms with Gasteiger partial charge in [-0.15, -0.1) is 0 Å². The van der Waals surface area contributed by atoms with Crippen molar-refractivity contribution in [1.82, 2.24) is 14.8 Å². The number of rotatable bonds is 3. The van der Waals surface area contributed by atoms with Crippen LogP contribution in [0.2, 0.25) is 5.02 Å². The van der Waals surface area contributed by atoms with Gasteiger partial charge in [-0.25, -0.2) is 4.79 Å². The zero-order valence-corrected chi connectivity index (χ0v) is 13.4. The van der Waals surface area contributed by atoms with Gasteiger partial charge < -0.3 is 9.72 Å². The predicted molar refractivity (Wildman–Crippen MR) is 86.2 cm³/mol. The van der Waals surface area contributed by atoms with Crippen molar-refractivity contribution in [3.8, 4) is 11.3 Å². The predicted octanol–water partition coefficient (Wildman–Crippen LogP) is 3.57. The standard InChI is InChI=1S/C16H16ClN3O2/c1-4-9-10-5-6-11(17)13(12-7-8-18-20(12)2)14(10)19-15(9)16(21)22-3/h5-8,19H,4H2,1-3H3. The van der Waals surface area contributed by atoms with Gasteiger partial charge in [0.2, 0.25) is 0 Å². The normalized spacial score (nSPS) is 11.1. The molecule has 0 fully saturated rings. The van der Waals surface area contributed by atoms with E-state index in [0.717, 1.165) is 34.1 Å². The molecule has 0 spiro atoms. The number of H-pyrrole nitrogens is 1. The highest BCUT2D eigenvalue weighted by Crippen LogP contribution is 2.37. The number of nitrogens with zero attached hydrogens (tertiary/aromatic N) is 2. The molecular weight excluding hydrogens is 302 g/mol. The minimum atomic E-state index is -0.375. The van der Waals surface area contributed by atoms with Gasteiger partial charge in [-0.2, -0.15) is 5.10 Å². The van der Waals surface area contributed by atoms with Crippen LogP contribution in [0.5, 0.6) is 0 Å². The van der Waals surface area contributed by atoms with E-state index in [4.69, 9.17) is 16.3 Å². The van der Waals surface area contributed by atoms with Gasteiger partial charge in [0, 0.05) is 24.2 Å². The number of benzene rings is 1. The van der Waals surface area contributed by atoms with E-state index >= 15 is 0 Å². The number of fused-ring (bicyclic) bond motifs is 1. The second kappa shape index (κ2) is 5.50. The number of aryl methyl sites for hydroxylation is 2. The third-order valence-electron chi connectivity index (χ3n) is 3.85. The van der Waals surface area contributed by atoms with Gasteiger partial charge >= 0.3 is 5.97 Å². The maximum absolute atomic E-state index is 12.0. The Bertz CT molecular complexity index is 864. The first kappa shape index (κ1) is 14.7. The highest BCUT2D eigenvalue weighted by atomic mass is 35.5. The van der Waals surface area contributed by atoms with Gasteiger partial charge in [-0.05, 0) is 24.1 Å². The summed E-state index contributed by atoms with van der Waals surface area (Å²) < 4.78 is 6.63. The first-order chi connectivity index (χ1) is 10.6. The lowest BCUT2D eigenvalue weighted by Crippen LogP contribution is -2.04. The third kappa shape index (κ3) is 2.09. The third-order valence-corrected chi connectivity index (χ3v) is 4.17. The summed E-state index contributed by atoms with van der Waals surface area (Å²) in [5, 5.41) is 5.78. The fraction of sp³-hybridized carbons (Fsp3) is 0.250. The Hall–Kier alpha value is -2.27. The summed E-state index contributed by atoms with van der Waals surface area (Å²) in [5.74, 6) is -0.375. The van der Waals surface area contributed by atoms with E-state index in [1.54, 1.807) is 10.9 Å². The smallest absolute Gasteiger partial charge is 0.354 e. The summed E-state index contributed by atoms with van der Waals surface area (Å²) in [5.41, 5.74) is 3.96. The number of methoxy groups -OCH3 is 1. The molecule has 2 aromatic heterocycles. The van der Waals surface area contributed by atoms with Crippen LogP contribution in [0, 0.1) is 0 Å². The Morgan fingerprint density at radius 1 is 1.41 bits per heavy atom. The lowest BCUT2D eigenvalue weighted by Gasteiger charge is -2.07. The van der Waals surface area contributed by atoms with Crippen molar-refractivity contribution in [3.05, 3.63) is 40.7 Å². The quantitative estimate of drug-likeness (QED) is 0.751. The number of carbonyl (C=O) groups excluding carboxylic acids is 1. The van der Waals surface area contributed by atoms with Crippen molar-refractivity contribution in [2.75, 3.05) is 7.11 Å². The molecule has 2 heterocycles. The van der Waals surface area contributed by atoms with Crippen molar-refractivity contribution < 1.29 is 9.53 Å². The highest BCUT2D eigenvalue weighted by Gasteiger charge is 2.21. The van der Waals surface area contributed by atoms with Crippen molar-refractivity contribution >= 4 is 28.5 Å². The number of aromatic amines is 1. The number of ether oxygens (including phenoxy) is 1. The molecule has 5 nitrogen and oxygen atoms in total. The highest BCUT2D eigenvalue weighted by molar-refractivity contribution is 6.35. The number of aromatic nitrogens is 3. The molecule has 0 atom stereocenters. The molecule has 0 aliphatic rings. The summed E-state index contributed by atoms with van der Waals surface area (Å²) in [6.45, 7) is 2.01. The van der Waals surface area contributed by atoms with Crippen molar-refractivity contribution in [3.63, 3.8) is 0 Å². The first-order valence-electron chi connectivity index (χ1n) is 6.98. The maximum atomic E-state index is 12.0. The molecule has 0 bridgehead atoms. The minimum absolute atomic E-state index is 0.375. The van der Waals surface area contributed by atoms with Crippen LogP contribution in [0.4, 0.5) is 0 Å². The Labute approximate surface area is 132 Å². The van der Waals surface area contributed by atoms with E-state index in [1.807, 2.05) is 32.2 Å². The van der Waals surface area contributed by atoms with E-state index in [-0.39, 0.29) is 5.97 Å². The second-order valence-electron chi connectivity index (χ2n) is 5.01. The Morgan fingerprint density at radius 2 is 2.18 bits per heavy atom. The van der Waals surface area contributed by atoms with Gasteiger partial charge in [0.1, 0.15) is 5.69 Å². The molecule has 114 valence electrons. The summed E-state index contributed by atoms with van der Waals surface area (Å²) in [7, 11) is 3.23. The lowest BCUT2D eigenvalue weighted by atomic mass is 10.0. The van der Waals surface area contributed by atoms with Crippen molar-refractivity contribution in [1.29, 1.82) is 0 Å². The molecule has 6 heteroatoms. The summed E-state index contributed by atoms with van der Waals surface area (Å²) >= 11 is 6.41. The minimum Gasteiger partial charge on any atom is -0.464 e. The summed E-state index contributed by atoms with van der Waals surface area (Å²) in [6, 6.07) is 5.67. The zero-order chi connectivity index (χ0) is 15.9. The Balaban J connectivity index is 2.38. The number of carbonyl (C=O) groups is 1. The van der Waals surface area contributed by atoms with Crippen molar-refractivity contribution in [2.45, 2.75) is 13.3 Å². The molecule has 0 aliphatic heterocycles. The van der Waals surface area contributed by atoms with E-state index in [1.165, 1.54) is 7.11 Å². The molecule has 0 amide bonds. The Morgan fingerprint density at radius 3 is 2.77 bits per heavy atom. The van der Waals surface area contributed by atoms with E-state index in [0.29, 0.717) is 10.7 Å². The molecule has 0 radical (unpaired) electrons. The molecule has 0 saturated carbocycles. The molecule has 22 heavy (non-hydrogen) atoms. The number of esters is 1. The fourth-order valence-corrected chi connectivity index (χ4v) is 3.06. The van der Waals surface area contributed by atoms with Crippen LogP contribution >= 0.6 is 11.6 Å². The van der Waals surface area contributed by atoms with E-state index in [2.05, 4.69) is 10.1 Å². The van der Waals surface area contributed by atoms with Crippen LogP contribution in [-0.2, 0) is 18.2 Å². The van der Waals surface area contributed by atoms with Crippen LogP contribution in [-0.4, -0.2) is 27.8 Å². The molecule has 3 rings (SSSR count). The van der Waals surface area contributed by atoms with Gasteiger partial charge in [-0.1, -0.05) is 24.6 Å². The SMILES string of the molecule is CCc1c(C(=O)OC)[nH]c2c(-c3ccnn3C)c(Cl)ccc12. The fourth-order valence-electron chi connectivity index (χ4n) is 2.81. The molecule has 1 N–H and O–H groups in total. The van der Waals surface area contributed by atoms with Gasteiger partial charge in [0.15, 0.2) is 0 Å².